The van der Waals surface area contributed by atoms with Crippen molar-refractivity contribution in [3.05, 3.63) is 58.2 Å². The zero-order valence-electron chi connectivity index (χ0n) is 18.2. The Hall–Kier alpha value is -3.06. The molecule has 0 amide bonds. The Balaban J connectivity index is 2.16. The highest BCUT2D eigenvalue weighted by Gasteiger charge is 2.14. The lowest BCUT2D eigenvalue weighted by Gasteiger charge is -2.12. The number of aromatic nitrogens is 1. The molecule has 0 saturated heterocycles. The van der Waals surface area contributed by atoms with Gasteiger partial charge in [0.2, 0.25) is 4.80 Å². The first kappa shape index (κ1) is 21.6. The second-order valence-corrected chi connectivity index (χ2v) is 7.75. The van der Waals surface area contributed by atoms with Crippen molar-refractivity contribution in [3.8, 4) is 28.5 Å². The fraction of sp³-hybridized carbons (Fsp3) is 0.304. The van der Waals surface area contributed by atoms with Crippen LogP contribution in [0.25, 0.3) is 11.3 Å². The van der Waals surface area contributed by atoms with E-state index in [1.807, 2.05) is 54.1 Å². The van der Waals surface area contributed by atoms with E-state index in [9.17, 15) is 0 Å². The summed E-state index contributed by atoms with van der Waals surface area (Å²) in [5, 5.41) is 6.97. The molecular weight excluding hydrogens is 398 g/mol. The molecule has 3 rings (SSSR count). The molecule has 1 aromatic heterocycles. The first-order valence-electron chi connectivity index (χ1n) is 9.63. The number of hydrogen-bond donors (Lipinski definition) is 0. The van der Waals surface area contributed by atoms with E-state index in [0.717, 1.165) is 38.8 Å². The monoisotopic (exact) mass is 425 g/mol. The quantitative estimate of drug-likeness (QED) is 0.510. The molecule has 30 heavy (non-hydrogen) atoms. The number of hydrogen-bond acceptors (Lipinski definition) is 6. The summed E-state index contributed by atoms with van der Waals surface area (Å²) in [4.78, 5) is 5.58. The van der Waals surface area contributed by atoms with Gasteiger partial charge in [-0.1, -0.05) is 0 Å². The molecule has 0 saturated carbocycles. The van der Waals surface area contributed by atoms with Gasteiger partial charge in [-0.3, -0.25) is 4.99 Å². The summed E-state index contributed by atoms with van der Waals surface area (Å²) in [7, 11) is 4.95. The molecule has 158 valence electrons. The van der Waals surface area contributed by atoms with E-state index in [1.165, 1.54) is 0 Å². The molecule has 1 heterocycles. The molecule has 0 atom stereocenters. The van der Waals surface area contributed by atoms with Crippen molar-refractivity contribution in [2.75, 3.05) is 21.3 Å². The zero-order valence-corrected chi connectivity index (χ0v) is 19.0. The summed E-state index contributed by atoms with van der Waals surface area (Å²) < 4.78 is 18.1. The van der Waals surface area contributed by atoms with Crippen molar-refractivity contribution in [1.82, 2.24) is 4.68 Å². The Bertz CT molecular complexity index is 1100. The molecule has 2 aromatic carbocycles. The third kappa shape index (κ3) is 4.74. The predicted octanol–water partition coefficient (Wildman–Crippen LogP) is 4.82. The van der Waals surface area contributed by atoms with Gasteiger partial charge in [0.25, 0.3) is 0 Å². The van der Waals surface area contributed by atoms with Gasteiger partial charge < -0.3 is 14.2 Å². The van der Waals surface area contributed by atoms with Crippen molar-refractivity contribution in [2.24, 2.45) is 10.1 Å². The second kappa shape index (κ2) is 9.63. The van der Waals surface area contributed by atoms with Crippen LogP contribution in [-0.2, 0) is 0 Å². The molecule has 0 spiro atoms. The maximum atomic E-state index is 5.62. The van der Waals surface area contributed by atoms with Crippen LogP contribution in [0.3, 0.4) is 0 Å². The van der Waals surface area contributed by atoms with Crippen LogP contribution in [0.5, 0.6) is 17.2 Å². The summed E-state index contributed by atoms with van der Waals surface area (Å²) >= 11 is 1.55. The standard InChI is InChI=1S/C23H27N3O3S/c1-15(2)24-23-26(25-16(3)17-7-9-18(27-4)10-8-17)21(14-30-23)20-12-11-19(28-5)13-22(20)29-6/h7-15H,1-6H3. The Morgan fingerprint density at radius 3 is 2.20 bits per heavy atom. The number of thiazole rings is 1. The highest BCUT2D eigenvalue weighted by molar-refractivity contribution is 7.07. The molecule has 0 fully saturated rings. The topological polar surface area (TPSA) is 57.3 Å². The Labute approximate surface area is 181 Å². The number of ether oxygens (including phenoxy) is 3. The van der Waals surface area contributed by atoms with Crippen LogP contribution in [0.15, 0.2) is 57.9 Å². The van der Waals surface area contributed by atoms with Crippen molar-refractivity contribution >= 4 is 17.0 Å². The molecule has 0 N–H and O–H groups in total. The van der Waals surface area contributed by atoms with Gasteiger partial charge >= 0.3 is 0 Å². The number of rotatable bonds is 7. The van der Waals surface area contributed by atoms with E-state index < -0.39 is 0 Å². The highest BCUT2D eigenvalue weighted by Crippen LogP contribution is 2.33. The van der Waals surface area contributed by atoms with Crippen LogP contribution in [-0.4, -0.2) is 37.8 Å². The average molecular weight is 426 g/mol. The van der Waals surface area contributed by atoms with Crippen molar-refractivity contribution in [3.63, 3.8) is 0 Å². The molecule has 0 aliphatic rings. The van der Waals surface area contributed by atoms with E-state index in [4.69, 9.17) is 24.3 Å². The van der Waals surface area contributed by atoms with Crippen LogP contribution >= 0.6 is 11.3 Å². The highest BCUT2D eigenvalue weighted by atomic mass is 32.1. The number of benzene rings is 2. The van der Waals surface area contributed by atoms with Gasteiger partial charge in [0.05, 0.1) is 32.7 Å². The van der Waals surface area contributed by atoms with Crippen LogP contribution in [0.2, 0.25) is 0 Å². The first-order valence-corrected chi connectivity index (χ1v) is 10.5. The molecule has 0 bridgehead atoms. The van der Waals surface area contributed by atoms with Crippen molar-refractivity contribution < 1.29 is 14.2 Å². The minimum absolute atomic E-state index is 0.150. The molecular formula is C23H27N3O3S. The van der Waals surface area contributed by atoms with E-state index in [0.29, 0.717) is 5.75 Å². The van der Waals surface area contributed by atoms with Gasteiger partial charge in [-0.2, -0.15) is 5.10 Å². The van der Waals surface area contributed by atoms with Crippen molar-refractivity contribution in [1.29, 1.82) is 0 Å². The minimum atomic E-state index is 0.150. The number of nitrogens with zero attached hydrogens (tertiary/aromatic N) is 3. The lowest BCUT2D eigenvalue weighted by molar-refractivity contribution is 0.395. The van der Waals surface area contributed by atoms with Gasteiger partial charge in [0.1, 0.15) is 17.2 Å². The summed E-state index contributed by atoms with van der Waals surface area (Å²) in [5.41, 5.74) is 3.71. The predicted molar refractivity (Wildman–Crippen MR) is 122 cm³/mol. The summed E-state index contributed by atoms with van der Waals surface area (Å²) in [6.45, 7) is 6.09. The lowest BCUT2D eigenvalue weighted by atomic mass is 10.1. The average Bonchev–Trinajstić information content (AvgIpc) is 3.14. The smallest absolute Gasteiger partial charge is 0.206 e. The molecule has 0 radical (unpaired) electrons. The molecule has 0 aliphatic carbocycles. The summed E-state index contributed by atoms with van der Waals surface area (Å²) in [5.74, 6) is 2.27. The van der Waals surface area contributed by atoms with Gasteiger partial charge in [0.15, 0.2) is 0 Å². The van der Waals surface area contributed by atoms with E-state index in [2.05, 4.69) is 19.2 Å². The molecule has 6 nitrogen and oxygen atoms in total. The van der Waals surface area contributed by atoms with E-state index >= 15 is 0 Å². The summed E-state index contributed by atoms with van der Waals surface area (Å²) in [6.07, 6.45) is 0. The van der Waals surface area contributed by atoms with Crippen LogP contribution in [0.1, 0.15) is 26.3 Å². The van der Waals surface area contributed by atoms with Gasteiger partial charge in [-0.15, -0.1) is 11.3 Å². The molecule has 0 aliphatic heterocycles. The third-order valence-corrected chi connectivity index (χ3v) is 5.33. The van der Waals surface area contributed by atoms with Crippen LogP contribution in [0, 0.1) is 0 Å². The zero-order chi connectivity index (χ0) is 21.7. The van der Waals surface area contributed by atoms with E-state index in [-0.39, 0.29) is 6.04 Å². The molecule has 3 aromatic rings. The normalized spacial score (nSPS) is 12.4. The fourth-order valence-corrected chi connectivity index (χ4v) is 3.90. The molecule has 7 heteroatoms. The van der Waals surface area contributed by atoms with Gasteiger partial charge in [-0.05, 0) is 62.7 Å². The maximum Gasteiger partial charge on any atom is 0.206 e. The largest absolute Gasteiger partial charge is 0.497 e. The minimum Gasteiger partial charge on any atom is -0.497 e. The van der Waals surface area contributed by atoms with Gasteiger partial charge in [-0.25, -0.2) is 4.68 Å². The number of methoxy groups -OCH3 is 3. The van der Waals surface area contributed by atoms with Gasteiger partial charge in [0, 0.05) is 23.1 Å². The van der Waals surface area contributed by atoms with Crippen LogP contribution < -0.4 is 19.0 Å². The maximum absolute atomic E-state index is 5.62. The Morgan fingerprint density at radius 2 is 1.60 bits per heavy atom. The third-order valence-electron chi connectivity index (χ3n) is 4.50. The second-order valence-electron chi connectivity index (χ2n) is 6.92. The Kier molecular flexibility index (Phi) is 6.95. The fourth-order valence-electron chi connectivity index (χ4n) is 2.94. The lowest BCUT2D eigenvalue weighted by Crippen LogP contribution is -2.16. The Morgan fingerprint density at radius 1 is 0.933 bits per heavy atom. The van der Waals surface area contributed by atoms with E-state index in [1.54, 1.807) is 32.7 Å². The molecule has 0 unspecified atom stereocenters. The SMILES string of the molecule is COc1ccc(C(C)=Nn2c(-c3ccc(OC)cc3OC)csc2=NC(C)C)cc1. The van der Waals surface area contributed by atoms with Crippen molar-refractivity contribution in [2.45, 2.75) is 26.8 Å². The van der Waals surface area contributed by atoms with Crippen LogP contribution in [0.4, 0.5) is 0 Å². The summed E-state index contributed by atoms with van der Waals surface area (Å²) in [6, 6.07) is 13.8. The first-order chi connectivity index (χ1) is 14.5.